The molecule has 0 aliphatic carbocycles. The summed E-state index contributed by atoms with van der Waals surface area (Å²) in [5.74, 6) is 1.66. The number of amides is 1. The van der Waals surface area contributed by atoms with Crippen LogP contribution in [0, 0.1) is 5.92 Å². The molecule has 0 bridgehead atoms. The average molecular weight is 626 g/mol. The molecule has 0 saturated carbocycles. The summed E-state index contributed by atoms with van der Waals surface area (Å²) in [5.41, 5.74) is 4.64. The smallest absolute Gasteiger partial charge is 0.224 e. The molecule has 1 N–H and O–H groups in total. The highest BCUT2D eigenvalue weighted by Crippen LogP contribution is 2.35. The molecule has 2 heterocycles. The van der Waals surface area contributed by atoms with E-state index in [-0.39, 0.29) is 24.0 Å². The van der Waals surface area contributed by atoms with Gasteiger partial charge in [-0.15, -0.1) is 0 Å². The number of methoxy groups -OCH3 is 2. The maximum absolute atomic E-state index is 13.0. The van der Waals surface area contributed by atoms with Gasteiger partial charge in [0.2, 0.25) is 5.91 Å². The minimum atomic E-state index is -0.0214. The minimum Gasteiger partial charge on any atom is -0.490 e. The molecule has 4 rings (SSSR count). The van der Waals surface area contributed by atoms with Gasteiger partial charge in [-0.2, -0.15) is 0 Å². The van der Waals surface area contributed by atoms with Crippen LogP contribution in [0.5, 0.6) is 5.75 Å². The van der Waals surface area contributed by atoms with Gasteiger partial charge >= 0.3 is 0 Å². The van der Waals surface area contributed by atoms with Gasteiger partial charge in [0.15, 0.2) is 0 Å². The van der Waals surface area contributed by atoms with Gasteiger partial charge in [-0.1, -0.05) is 37.3 Å². The van der Waals surface area contributed by atoms with Crippen LogP contribution in [0.2, 0.25) is 0 Å². The molecule has 0 unspecified atom stereocenters. The first-order chi connectivity index (χ1) is 21.9. The van der Waals surface area contributed by atoms with E-state index in [0.717, 1.165) is 68.2 Å². The Morgan fingerprint density at radius 2 is 1.82 bits per heavy atom. The molecule has 0 radical (unpaired) electrons. The van der Waals surface area contributed by atoms with E-state index in [1.54, 1.807) is 14.2 Å². The van der Waals surface area contributed by atoms with Crippen LogP contribution >= 0.6 is 0 Å². The van der Waals surface area contributed by atoms with Crippen molar-refractivity contribution in [1.29, 1.82) is 0 Å². The van der Waals surface area contributed by atoms with Gasteiger partial charge in [0, 0.05) is 71.3 Å². The largest absolute Gasteiger partial charge is 0.490 e. The van der Waals surface area contributed by atoms with E-state index in [4.69, 9.17) is 23.7 Å². The lowest BCUT2D eigenvalue weighted by Gasteiger charge is -2.38. The molecule has 250 valence electrons. The number of nitrogens with zero attached hydrogens (tertiary/aromatic N) is 2. The van der Waals surface area contributed by atoms with Gasteiger partial charge in [0.25, 0.3) is 0 Å². The Morgan fingerprint density at radius 3 is 2.56 bits per heavy atom. The summed E-state index contributed by atoms with van der Waals surface area (Å²) in [6.45, 7) is 14.1. The molecule has 2 aliphatic rings. The van der Waals surface area contributed by atoms with Gasteiger partial charge in [-0.05, 0) is 55.5 Å². The number of hydrogen-bond acceptors (Lipinski definition) is 8. The van der Waals surface area contributed by atoms with Crippen molar-refractivity contribution in [3.8, 4) is 5.75 Å². The van der Waals surface area contributed by atoms with Crippen LogP contribution in [0.4, 0.5) is 5.69 Å². The van der Waals surface area contributed by atoms with E-state index < -0.39 is 0 Å². The molecular weight excluding hydrogens is 570 g/mol. The molecule has 1 amide bonds. The van der Waals surface area contributed by atoms with Crippen molar-refractivity contribution in [2.45, 2.75) is 71.3 Å². The van der Waals surface area contributed by atoms with E-state index >= 15 is 0 Å². The molecule has 4 atom stereocenters. The summed E-state index contributed by atoms with van der Waals surface area (Å²) in [4.78, 5) is 17.3. The molecule has 2 aliphatic heterocycles. The van der Waals surface area contributed by atoms with Crippen LogP contribution in [0.1, 0.15) is 62.6 Å². The lowest BCUT2D eigenvalue weighted by Crippen LogP contribution is -2.49. The van der Waals surface area contributed by atoms with Crippen LogP contribution in [-0.2, 0) is 37.0 Å². The molecule has 45 heavy (non-hydrogen) atoms. The quantitative estimate of drug-likeness (QED) is 0.232. The molecule has 9 heteroatoms. The summed E-state index contributed by atoms with van der Waals surface area (Å²) in [6, 6.07) is 15.2. The van der Waals surface area contributed by atoms with Gasteiger partial charge in [0.1, 0.15) is 12.4 Å². The molecule has 1 fully saturated rings. The van der Waals surface area contributed by atoms with Crippen LogP contribution in [-0.4, -0.2) is 96.3 Å². The summed E-state index contributed by atoms with van der Waals surface area (Å²) >= 11 is 0. The van der Waals surface area contributed by atoms with E-state index in [1.807, 2.05) is 18.7 Å². The highest BCUT2D eigenvalue weighted by Gasteiger charge is 2.33. The predicted octanol–water partition coefficient (Wildman–Crippen LogP) is 5.01. The van der Waals surface area contributed by atoms with E-state index in [0.29, 0.717) is 51.9 Å². The Labute approximate surface area is 270 Å². The number of carbonyl (C=O) groups excluding carboxylic acids is 1. The van der Waals surface area contributed by atoms with Crippen molar-refractivity contribution in [2.24, 2.45) is 5.92 Å². The fourth-order valence-corrected chi connectivity index (χ4v) is 6.38. The Kier molecular flexibility index (Phi) is 14.4. The fraction of sp³-hybridized carbons (Fsp3) is 0.639. The molecule has 2 aromatic carbocycles. The first-order valence-corrected chi connectivity index (χ1v) is 16.7. The van der Waals surface area contributed by atoms with Gasteiger partial charge in [-0.25, -0.2) is 0 Å². The molecule has 9 nitrogen and oxygen atoms in total. The van der Waals surface area contributed by atoms with E-state index in [2.05, 4.69) is 59.6 Å². The standard InChI is InChI=1S/C36H55N3O6/c1-6-38(7-2)36(40)21-31-20-32(30-12-9-28(10-13-30)25-43-24-27(3)23-42-5)35(22-37-31)45-26-29-11-14-34-33(19-29)39(16-18-44-34)15-8-17-41-4/h9-14,19,27,31-32,35,37H,6-8,15-18,20-26H2,1-5H3/t27-,31+,32+,35-/m0/s1. The van der Waals surface area contributed by atoms with Crippen LogP contribution < -0.4 is 15.0 Å². The van der Waals surface area contributed by atoms with Gasteiger partial charge < -0.3 is 38.8 Å². The number of fused-ring (bicyclic) bond motifs is 1. The van der Waals surface area contributed by atoms with Crippen LogP contribution in [0.15, 0.2) is 42.5 Å². The summed E-state index contributed by atoms with van der Waals surface area (Å²) < 4.78 is 29.0. The van der Waals surface area contributed by atoms with Crippen molar-refractivity contribution in [3.05, 3.63) is 59.2 Å². The molecule has 0 aromatic heterocycles. The number of anilines is 1. The zero-order valence-corrected chi connectivity index (χ0v) is 28.1. The monoisotopic (exact) mass is 625 g/mol. The third kappa shape index (κ3) is 10.4. The van der Waals surface area contributed by atoms with Gasteiger partial charge in [0.05, 0.1) is 44.8 Å². The normalized spacial score (nSPS) is 20.4. The minimum absolute atomic E-state index is 0.0214. The lowest BCUT2D eigenvalue weighted by atomic mass is 9.83. The number of hydrogen-bond donors (Lipinski definition) is 1. The Hall–Kier alpha value is -2.69. The second-order valence-electron chi connectivity index (χ2n) is 12.4. The second-order valence-corrected chi connectivity index (χ2v) is 12.4. The molecule has 0 spiro atoms. The van der Waals surface area contributed by atoms with E-state index in [1.165, 1.54) is 5.56 Å². The maximum Gasteiger partial charge on any atom is 0.224 e. The number of carbonyl (C=O) groups is 1. The first-order valence-electron chi connectivity index (χ1n) is 16.7. The third-order valence-corrected chi connectivity index (χ3v) is 8.89. The predicted molar refractivity (Wildman–Crippen MR) is 178 cm³/mol. The number of nitrogens with one attached hydrogen (secondary N) is 1. The number of piperidine rings is 1. The second kappa shape index (κ2) is 18.5. The van der Waals surface area contributed by atoms with Crippen LogP contribution in [0.3, 0.4) is 0 Å². The molecule has 2 aromatic rings. The molecular formula is C36H55N3O6. The zero-order valence-electron chi connectivity index (χ0n) is 28.1. The number of rotatable bonds is 18. The van der Waals surface area contributed by atoms with Crippen molar-refractivity contribution >= 4 is 11.6 Å². The van der Waals surface area contributed by atoms with Crippen molar-refractivity contribution in [3.63, 3.8) is 0 Å². The number of benzene rings is 2. The van der Waals surface area contributed by atoms with Crippen molar-refractivity contribution in [1.82, 2.24) is 10.2 Å². The third-order valence-electron chi connectivity index (χ3n) is 8.89. The van der Waals surface area contributed by atoms with Gasteiger partial charge in [-0.3, -0.25) is 4.79 Å². The Morgan fingerprint density at radius 1 is 1.04 bits per heavy atom. The average Bonchev–Trinajstić information content (AvgIpc) is 3.05. The summed E-state index contributed by atoms with van der Waals surface area (Å²) in [7, 11) is 3.47. The maximum atomic E-state index is 13.0. The van der Waals surface area contributed by atoms with Crippen LogP contribution in [0.25, 0.3) is 0 Å². The highest BCUT2D eigenvalue weighted by molar-refractivity contribution is 5.76. The van der Waals surface area contributed by atoms with Crippen molar-refractivity contribution in [2.75, 3.05) is 78.3 Å². The lowest BCUT2D eigenvalue weighted by molar-refractivity contribution is -0.131. The SMILES string of the molecule is CCN(CC)C(=O)C[C@H]1C[C@H](c2ccc(COC[C@@H](C)COC)cc2)[C@@H](OCc2ccc3c(c2)N(CCCOC)CCO3)CN1. The van der Waals surface area contributed by atoms with E-state index in [9.17, 15) is 4.79 Å². The highest BCUT2D eigenvalue weighted by atomic mass is 16.5. The zero-order chi connectivity index (χ0) is 32.0. The molecule has 1 saturated heterocycles. The number of ether oxygens (including phenoxy) is 5. The summed E-state index contributed by atoms with van der Waals surface area (Å²) in [5, 5.41) is 3.64. The first kappa shape index (κ1) is 35.2. The van der Waals surface area contributed by atoms with Crippen molar-refractivity contribution < 1.29 is 28.5 Å². The summed E-state index contributed by atoms with van der Waals surface area (Å²) in [6.07, 6.45) is 2.29. The Bertz CT molecular complexity index is 1160. The Balaban J connectivity index is 1.44. The topological polar surface area (TPSA) is 81.7 Å². The fourth-order valence-electron chi connectivity index (χ4n) is 6.38.